The number of rotatable bonds is 5. The van der Waals surface area contributed by atoms with Crippen LogP contribution < -0.4 is 4.90 Å². The Morgan fingerprint density at radius 3 is 1.59 bits per heavy atom. The van der Waals surface area contributed by atoms with Crippen molar-refractivity contribution in [2.45, 2.75) is 0 Å². The minimum absolute atomic E-state index is 0.882. The van der Waals surface area contributed by atoms with Crippen molar-refractivity contribution in [3.8, 4) is 22.3 Å². The quantitative estimate of drug-likeness (QED) is 0.190. The fourth-order valence-electron chi connectivity index (χ4n) is 7.20. The number of para-hydroxylation sites is 2. The molecule has 3 heteroatoms. The van der Waals surface area contributed by atoms with Crippen molar-refractivity contribution < 1.29 is 8.83 Å². The molecule has 0 atom stereocenters. The van der Waals surface area contributed by atoms with Gasteiger partial charge in [0.2, 0.25) is 0 Å². The van der Waals surface area contributed by atoms with E-state index in [4.69, 9.17) is 8.83 Å². The molecule has 0 bridgehead atoms. The van der Waals surface area contributed by atoms with Crippen LogP contribution in [0.1, 0.15) is 0 Å². The van der Waals surface area contributed by atoms with Gasteiger partial charge in [-0.05, 0) is 106 Å². The summed E-state index contributed by atoms with van der Waals surface area (Å²) in [5, 5.41) is 6.95. The van der Waals surface area contributed by atoms with Crippen molar-refractivity contribution in [2.24, 2.45) is 0 Å². The van der Waals surface area contributed by atoms with Gasteiger partial charge in [-0.15, -0.1) is 0 Å². The van der Waals surface area contributed by atoms with Crippen LogP contribution in [-0.2, 0) is 0 Å². The average Bonchev–Trinajstić information content (AvgIpc) is 3.73. The smallest absolute Gasteiger partial charge is 0.135 e. The van der Waals surface area contributed by atoms with Crippen molar-refractivity contribution in [3.63, 3.8) is 0 Å². The zero-order chi connectivity index (χ0) is 32.3. The van der Waals surface area contributed by atoms with Crippen molar-refractivity contribution in [1.82, 2.24) is 0 Å². The predicted octanol–water partition coefficient (Wildman–Crippen LogP) is 13.4. The molecule has 8 aromatic carbocycles. The maximum absolute atomic E-state index is 6.20. The lowest BCUT2D eigenvalue weighted by atomic mass is 10.00. The standard InChI is InChI=1S/C46H29NO2/c1-2-9-32-26-34(17-16-30(32)8-1)33-10-7-11-37(27-33)47(38-23-25-46-42(29-38)40-13-4-6-15-44(40)49-46)36-21-18-31(19-22-36)35-20-24-45-41(28-35)39-12-3-5-14-43(39)48-45/h1-29H. The summed E-state index contributed by atoms with van der Waals surface area (Å²) in [6.45, 7) is 0. The molecule has 0 unspecified atom stereocenters. The highest BCUT2D eigenvalue weighted by atomic mass is 16.3. The van der Waals surface area contributed by atoms with Crippen LogP contribution in [0.3, 0.4) is 0 Å². The first-order chi connectivity index (χ1) is 24.2. The molecule has 0 N–H and O–H groups in total. The van der Waals surface area contributed by atoms with Crippen molar-refractivity contribution in [1.29, 1.82) is 0 Å². The third-order valence-electron chi connectivity index (χ3n) is 9.64. The van der Waals surface area contributed by atoms with Gasteiger partial charge in [-0.2, -0.15) is 0 Å². The second-order valence-corrected chi connectivity index (χ2v) is 12.6. The van der Waals surface area contributed by atoms with E-state index in [1.54, 1.807) is 0 Å². The Kier molecular flexibility index (Phi) is 6.18. The number of nitrogens with zero attached hydrogens (tertiary/aromatic N) is 1. The predicted molar refractivity (Wildman–Crippen MR) is 204 cm³/mol. The summed E-state index contributed by atoms with van der Waals surface area (Å²) in [4.78, 5) is 2.34. The van der Waals surface area contributed by atoms with Gasteiger partial charge >= 0.3 is 0 Å². The Hall–Kier alpha value is -6.58. The second kappa shape index (κ2) is 11.0. The molecule has 0 aliphatic carbocycles. The van der Waals surface area contributed by atoms with Crippen molar-refractivity contribution >= 4 is 71.7 Å². The molecule has 0 fully saturated rings. The molecule has 230 valence electrons. The van der Waals surface area contributed by atoms with Crippen molar-refractivity contribution in [3.05, 3.63) is 176 Å². The van der Waals surface area contributed by atoms with Gasteiger partial charge in [0.05, 0.1) is 0 Å². The van der Waals surface area contributed by atoms with Crippen LogP contribution in [0.25, 0.3) is 76.9 Å². The average molecular weight is 628 g/mol. The van der Waals surface area contributed by atoms with Crippen LogP contribution in [0.15, 0.2) is 185 Å². The van der Waals surface area contributed by atoms with Gasteiger partial charge in [-0.3, -0.25) is 0 Å². The van der Waals surface area contributed by atoms with Crippen molar-refractivity contribution in [2.75, 3.05) is 4.90 Å². The molecule has 0 aliphatic rings. The topological polar surface area (TPSA) is 29.5 Å². The van der Waals surface area contributed by atoms with Gasteiger partial charge in [-0.25, -0.2) is 0 Å². The molecule has 10 rings (SSSR count). The molecule has 0 amide bonds. The Morgan fingerprint density at radius 2 is 0.816 bits per heavy atom. The highest BCUT2D eigenvalue weighted by molar-refractivity contribution is 6.07. The van der Waals surface area contributed by atoms with Gasteiger partial charge in [0.1, 0.15) is 22.3 Å². The first-order valence-corrected chi connectivity index (χ1v) is 16.6. The summed E-state index contributed by atoms with van der Waals surface area (Å²) in [6, 6.07) is 62.3. The van der Waals surface area contributed by atoms with E-state index in [-0.39, 0.29) is 0 Å². The number of fused-ring (bicyclic) bond motifs is 7. The fraction of sp³-hybridized carbons (Fsp3) is 0. The number of hydrogen-bond acceptors (Lipinski definition) is 3. The zero-order valence-electron chi connectivity index (χ0n) is 26.5. The number of furan rings is 2. The van der Waals surface area contributed by atoms with Crippen LogP contribution in [0.5, 0.6) is 0 Å². The molecule has 10 aromatic rings. The van der Waals surface area contributed by atoms with Crippen LogP contribution in [-0.4, -0.2) is 0 Å². The summed E-state index contributed by atoms with van der Waals surface area (Å²) in [5.74, 6) is 0. The van der Waals surface area contributed by atoms with Crippen LogP contribution in [0, 0.1) is 0 Å². The van der Waals surface area contributed by atoms with Crippen LogP contribution >= 0.6 is 0 Å². The van der Waals surface area contributed by atoms with E-state index in [1.165, 1.54) is 21.9 Å². The van der Waals surface area contributed by atoms with Gasteiger partial charge in [0.15, 0.2) is 0 Å². The highest BCUT2D eigenvalue weighted by Crippen LogP contribution is 2.41. The number of benzene rings is 8. The van der Waals surface area contributed by atoms with Gasteiger partial charge in [-0.1, -0.05) is 103 Å². The third kappa shape index (κ3) is 4.67. The number of hydrogen-bond donors (Lipinski definition) is 0. The first-order valence-electron chi connectivity index (χ1n) is 16.6. The molecule has 2 heterocycles. The first kappa shape index (κ1) is 27.5. The molecular formula is C46H29NO2. The highest BCUT2D eigenvalue weighted by Gasteiger charge is 2.17. The molecule has 3 nitrogen and oxygen atoms in total. The summed E-state index contributed by atoms with van der Waals surface area (Å²) in [6.07, 6.45) is 0. The van der Waals surface area contributed by atoms with E-state index in [9.17, 15) is 0 Å². The molecule has 0 aliphatic heterocycles. The lowest BCUT2D eigenvalue weighted by Gasteiger charge is -2.26. The largest absolute Gasteiger partial charge is 0.456 e. The molecule has 0 radical (unpaired) electrons. The van der Waals surface area contributed by atoms with Crippen LogP contribution in [0.4, 0.5) is 17.1 Å². The van der Waals surface area contributed by atoms with Gasteiger partial charge < -0.3 is 13.7 Å². The van der Waals surface area contributed by atoms with E-state index >= 15 is 0 Å². The molecule has 0 spiro atoms. The maximum Gasteiger partial charge on any atom is 0.135 e. The maximum atomic E-state index is 6.20. The molecule has 0 saturated heterocycles. The van der Waals surface area contributed by atoms with E-state index in [0.717, 1.165) is 72.1 Å². The molecule has 49 heavy (non-hydrogen) atoms. The molecular weight excluding hydrogens is 599 g/mol. The lowest BCUT2D eigenvalue weighted by molar-refractivity contribution is 0.668. The fourth-order valence-corrected chi connectivity index (χ4v) is 7.20. The Balaban J connectivity index is 1.10. The summed E-state index contributed by atoms with van der Waals surface area (Å²) in [5.41, 5.74) is 11.5. The Bertz CT molecular complexity index is 2840. The van der Waals surface area contributed by atoms with E-state index in [1.807, 2.05) is 24.3 Å². The van der Waals surface area contributed by atoms with E-state index in [0.29, 0.717) is 0 Å². The third-order valence-corrected chi connectivity index (χ3v) is 9.64. The monoisotopic (exact) mass is 627 g/mol. The van der Waals surface area contributed by atoms with Gasteiger partial charge in [0, 0.05) is 38.6 Å². The molecule has 2 aromatic heterocycles. The summed E-state index contributed by atoms with van der Waals surface area (Å²) in [7, 11) is 0. The van der Waals surface area contributed by atoms with Crippen LogP contribution in [0.2, 0.25) is 0 Å². The minimum atomic E-state index is 0.882. The van der Waals surface area contributed by atoms with E-state index < -0.39 is 0 Å². The lowest BCUT2D eigenvalue weighted by Crippen LogP contribution is -2.10. The van der Waals surface area contributed by atoms with E-state index in [2.05, 4.69) is 157 Å². The summed E-state index contributed by atoms with van der Waals surface area (Å²) >= 11 is 0. The zero-order valence-corrected chi connectivity index (χ0v) is 26.5. The summed E-state index contributed by atoms with van der Waals surface area (Å²) < 4.78 is 12.3. The minimum Gasteiger partial charge on any atom is -0.456 e. The Morgan fingerprint density at radius 1 is 0.286 bits per heavy atom. The normalized spacial score (nSPS) is 11.7. The second-order valence-electron chi connectivity index (χ2n) is 12.6. The SMILES string of the molecule is c1cc(-c2ccc3ccccc3c2)cc(N(c2ccc(-c3ccc4oc5ccccc5c4c3)cc2)c2ccc3oc4ccccc4c3c2)c1. The Labute approximate surface area is 282 Å². The number of anilines is 3. The van der Waals surface area contributed by atoms with Gasteiger partial charge in [0.25, 0.3) is 0 Å². The molecule has 0 saturated carbocycles.